The van der Waals surface area contributed by atoms with E-state index in [1.54, 1.807) is 0 Å². The monoisotopic (exact) mass is 680 g/mol. The van der Waals surface area contributed by atoms with Gasteiger partial charge in [0, 0.05) is 5.92 Å². The van der Waals surface area contributed by atoms with E-state index < -0.39 is 29.0 Å². The van der Waals surface area contributed by atoms with Gasteiger partial charge in [-0.1, -0.05) is 170 Å². The van der Waals surface area contributed by atoms with Gasteiger partial charge in [0.1, 0.15) is 17.3 Å². The lowest BCUT2D eigenvalue weighted by Gasteiger charge is -2.53. The molecule has 0 aliphatic carbocycles. The van der Waals surface area contributed by atoms with Crippen molar-refractivity contribution in [3.63, 3.8) is 0 Å². The van der Waals surface area contributed by atoms with Crippen molar-refractivity contribution in [1.29, 1.82) is 0 Å². The molecule has 0 amide bonds. The highest BCUT2D eigenvalue weighted by Crippen LogP contribution is 2.53. The van der Waals surface area contributed by atoms with Crippen LogP contribution in [0.25, 0.3) is 43.1 Å². The second-order valence-electron chi connectivity index (χ2n) is 14.5. The van der Waals surface area contributed by atoms with E-state index in [4.69, 9.17) is 9.47 Å². The molecule has 0 spiro atoms. The van der Waals surface area contributed by atoms with Gasteiger partial charge in [0.2, 0.25) is 0 Å². The van der Waals surface area contributed by atoms with E-state index >= 15 is 0 Å². The Balaban J connectivity index is 1.41. The van der Waals surface area contributed by atoms with Crippen molar-refractivity contribution in [2.45, 2.75) is 36.9 Å². The van der Waals surface area contributed by atoms with Gasteiger partial charge in [0.25, 0.3) is 0 Å². The number of hydrogen-bond donors (Lipinski definition) is 2. The second-order valence-corrected chi connectivity index (χ2v) is 14.5. The predicted octanol–water partition coefficient (Wildman–Crippen LogP) is 10.2. The molecule has 52 heavy (non-hydrogen) atoms. The van der Waals surface area contributed by atoms with Crippen LogP contribution in [-0.4, -0.2) is 28.7 Å². The molecule has 0 aromatic heterocycles. The first-order chi connectivity index (χ1) is 25.3. The molecule has 4 nitrogen and oxygen atoms in total. The summed E-state index contributed by atoms with van der Waals surface area (Å²) in [6.45, 7) is 3.88. The van der Waals surface area contributed by atoms with Gasteiger partial charge in [-0.15, -0.1) is 0 Å². The molecule has 9 rings (SSSR count). The van der Waals surface area contributed by atoms with Crippen molar-refractivity contribution in [1.82, 2.24) is 0 Å². The Kier molecular flexibility index (Phi) is 7.76. The minimum Gasteiger partial charge on any atom is -0.380 e. The Morgan fingerprint density at radius 1 is 0.442 bits per heavy atom. The number of hydrogen-bond acceptors (Lipinski definition) is 4. The average molecular weight is 681 g/mol. The molecule has 0 saturated carbocycles. The lowest BCUT2D eigenvalue weighted by Crippen LogP contribution is -2.61. The first kappa shape index (κ1) is 32.5. The molecule has 256 valence electrons. The Morgan fingerprint density at radius 2 is 0.750 bits per heavy atom. The van der Waals surface area contributed by atoms with Gasteiger partial charge in [-0.3, -0.25) is 0 Å². The van der Waals surface area contributed by atoms with Crippen LogP contribution in [0.5, 0.6) is 0 Å². The predicted molar refractivity (Wildman–Crippen MR) is 210 cm³/mol. The van der Waals surface area contributed by atoms with E-state index in [2.05, 4.69) is 72.8 Å². The largest absolute Gasteiger partial charge is 0.380 e. The SMILES string of the molecule is CC1(C)OCC(C(O)(c2cccc3ccccc23)c2cccc3ccccc23)C(C(O)(c2cccc3ccccc23)c2cccc3ccccc23)O1. The molecule has 1 heterocycles. The Morgan fingerprint density at radius 3 is 1.12 bits per heavy atom. The number of rotatable bonds is 6. The van der Waals surface area contributed by atoms with Crippen LogP contribution in [0.1, 0.15) is 36.1 Å². The standard InChI is InChI=1S/C48H40O4/c1-46(2)51-31-44(47(49,40-27-11-19-32-15-3-7-23-36(32)40)41-28-12-20-33-16-4-8-24-37(33)41)45(52-46)48(50,42-29-13-21-34-17-5-9-25-38(34)42)43-30-14-22-35-18-6-10-26-39(35)43/h3-30,44-45,49-50H,31H2,1-2H3. The van der Waals surface area contributed by atoms with Crippen molar-refractivity contribution < 1.29 is 19.7 Å². The lowest BCUT2D eigenvalue weighted by atomic mass is 9.64. The quantitative estimate of drug-likeness (QED) is 0.184. The second kappa shape index (κ2) is 12.4. The maximum Gasteiger partial charge on any atom is 0.163 e. The van der Waals surface area contributed by atoms with Crippen LogP contribution in [0, 0.1) is 5.92 Å². The fraction of sp³-hybridized carbons (Fsp3) is 0.167. The molecule has 2 atom stereocenters. The maximum atomic E-state index is 14.2. The van der Waals surface area contributed by atoms with Crippen molar-refractivity contribution in [2.75, 3.05) is 6.61 Å². The van der Waals surface area contributed by atoms with Crippen LogP contribution in [0.4, 0.5) is 0 Å². The van der Waals surface area contributed by atoms with Gasteiger partial charge in [-0.2, -0.15) is 0 Å². The van der Waals surface area contributed by atoms with Gasteiger partial charge in [-0.05, 0) is 79.2 Å². The third kappa shape index (κ3) is 5.06. The first-order valence-electron chi connectivity index (χ1n) is 18.0. The van der Waals surface area contributed by atoms with E-state index in [0.29, 0.717) is 11.1 Å². The van der Waals surface area contributed by atoms with Crippen LogP contribution < -0.4 is 0 Å². The normalized spacial score (nSPS) is 17.9. The minimum atomic E-state index is -1.77. The van der Waals surface area contributed by atoms with Gasteiger partial charge in [-0.25, -0.2) is 0 Å². The molecule has 1 aliphatic heterocycles. The van der Waals surface area contributed by atoms with E-state index in [-0.39, 0.29) is 6.61 Å². The molecule has 8 aromatic carbocycles. The highest BCUT2D eigenvalue weighted by molar-refractivity contribution is 5.93. The zero-order valence-electron chi connectivity index (χ0n) is 29.2. The van der Waals surface area contributed by atoms with Crippen molar-refractivity contribution in [2.24, 2.45) is 5.92 Å². The van der Waals surface area contributed by atoms with Crippen molar-refractivity contribution in [3.8, 4) is 0 Å². The molecule has 1 fully saturated rings. The highest BCUT2D eigenvalue weighted by atomic mass is 16.7. The molecule has 0 bridgehead atoms. The number of ether oxygens (including phenoxy) is 2. The molecule has 2 unspecified atom stereocenters. The van der Waals surface area contributed by atoms with Crippen LogP contribution in [-0.2, 0) is 20.7 Å². The first-order valence-corrected chi connectivity index (χ1v) is 18.0. The summed E-state index contributed by atoms with van der Waals surface area (Å²) in [7, 11) is 0. The summed E-state index contributed by atoms with van der Waals surface area (Å²) >= 11 is 0. The van der Waals surface area contributed by atoms with E-state index in [9.17, 15) is 10.2 Å². The minimum absolute atomic E-state index is 0.110. The molecule has 8 aromatic rings. The van der Waals surface area contributed by atoms with Gasteiger partial charge in [0.15, 0.2) is 5.79 Å². The van der Waals surface area contributed by atoms with E-state index in [1.807, 2.05) is 111 Å². The number of aliphatic hydroxyl groups is 2. The maximum absolute atomic E-state index is 14.2. The molecule has 1 saturated heterocycles. The van der Waals surface area contributed by atoms with Gasteiger partial charge < -0.3 is 19.7 Å². The third-order valence-corrected chi connectivity index (χ3v) is 11.1. The lowest BCUT2D eigenvalue weighted by molar-refractivity contribution is -0.337. The van der Waals surface area contributed by atoms with Crippen LogP contribution in [0.15, 0.2) is 170 Å². The molecule has 1 aliphatic rings. The summed E-state index contributed by atoms with van der Waals surface area (Å²) < 4.78 is 13.7. The fourth-order valence-corrected chi connectivity index (χ4v) is 8.74. The van der Waals surface area contributed by atoms with Crippen LogP contribution in [0.3, 0.4) is 0 Å². The molecular weight excluding hydrogens is 641 g/mol. The smallest absolute Gasteiger partial charge is 0.163 e. The Hall–Kier alpha value is -5.36. The van der Waals surface area contributed by atoms with Crippen LogP contribution in [0.2, 0.25) is 0 Å². The number of benzene rings is 8. The van der Waals surface area contributed by atoms with Crippen molar-refractivity contribution >= 4 is 43.1 Å². The summed E-state index contributed by atoms with van der Waals surface area (Å²) in [5.41, 5.74) is -0.618. The molecular formula is C48H40O4. The summed E-state index contributed by atoms with van der Waals surface area (Å²) in [6, 6.07) is 56.9. The van der Waals surface area contributed by atoms with Crippen molar-refractivity contribution in [3.05, 3.63) is 192 Å². The fourth-order valence-electron chi connectivity index (χ4n) is 8.74. The third-order valence-electron chi connectivity index (χ3n) is 11.1. The molecule has 0 radical (unpaired) electrons. The molecule has 4 heteroatoms. The zero-order chi connectivity index (χ0) is 35.5. The van der Waals surface area contributed by atoms with Gasteiger partial charge >= 0.3 is 0 Å². The van der Waals surface area contributed by atoms with Gasteiger partial charge in [0.05, 0.1) is 6.61 Å². The Bertz CT molecular complexity index is 2430. The topological polar surface area (TPSA) is 58.9 Å². The highest BCUT2D eigenvalue weighted by Gasteiger charge is 2.59. The number of fused-ring (bicyclic) bond motifs is 4. The zero-order valence-corrected chi connectivity index (χ0v) is 29.2. The average Bonchev–Trinajstić information content (AvgIpc) is 3.19. The van der Waals surface area contributed by atoms with Crippen LogP contribution >= 0.6 is 0 Å². The summed E-state index contributed by atoms with van der Waals surface area (Å²) in [6.07, 6.45) is -1.00. The molecule has 2 N–H and O–H groups in total. The summed E-state index contributed by atoms with van der Waals surface area (Å²) in [5, 5.41) is 36.0. The van der Waals surface area contributed by atoms with E-state index in [1.165, 1.54) is 0 Å². The summed E-state index contributed by atoms with van der Waals surface area (Å²) in [5.74, 6) is -1.89. The summed E-state index contributed by atoms with van der Waals surface area (Å²) in [4.78, 5) is 0. The Labute approximate surface area is 303 Å². The van der Waals surface area contributed by atoms with E-state index in [0.717, 1.165) is 54.2 Å².